The molecule has 0 atom stereocenters. The van der Waals surface area contributed by atoms with Crippen LogP contribution < -0.4 is 16.8 Å². The maximum atomic E-state index is 12.0. The Morgan fingerprint density at radius 1 is 1.00 bits per heavy atom. The van der Waals surface area contributed by atoms with E-state index in [4.69, 9.17) is 11.5 Å². The first-order chi connectivity index (χ1) is 11.1. The Kier molecular flexibility index (Phi) is 4.24. The molecular weight excluding hydrogens is 312 g/mol. The molecule has 0 radical (unpaired) electrons. The monoisotopic (exact) mass is 326 g/mol. The second-order valence-electron chi connectivity index (χ2n) is 4.73. The lowest BCUT2D eigenvalue weighted by Crippen LogP contribution is -2.14. The van der Waals surface area contributed by atoms with Gasteiger partial charge < -0.3 is 16.8 Å². The maximum Gasteiger partial charge on any atom is 0.234 e. The maximum absolute atomic E-state index is 12.0. The van der Waals surface area contributed by atoms with Crippen LogP contribution in [0.15, 0.2) is 47.6 Å². The Morgan fingerprint density at radius 3 is 2.43 bits per heavy atom. The van der Waals surface area contributed by atoms with E-state index in [1.54, 1.807) is 0 Å². The van der Waals surface area contributed by atoms with Crippen LogP contribution in [0.1, 0.15) is 0 Å². The normalized spacial score (nSPS) is 10.6. The fraction of sp³-hybridized carbons (Fsp3) is 0.0667. The Balaban J connectivity index is 1.64. The molecule has 2 aromatic carbocycles. The van der Waals surface area contributed by atoms with E-state index in [0.29, 0.717) is 5.16 Å². The lowest BCUT2D eigenvalue weighted by molar-refractivity contribution is -0.113. The highest BCUT2D eigenvalue weighted by Crippen LogP contribution is 2.20. The quantitative estimate of drug-likeness (QED) is 0.626. The van der Waals surface area contributed by atoms with Crippen LogP contribution in [0.25, 0.3) is 10.8 Å². The average Bonchev–Trinajstić information content (AvgIpc) is 2.52. The molecule has 3 aromatic rings. The third-order valence-corrected chi connectivity index (χ3v) is 3.86. The van der Waals surface area contributed by atoms with Gasteiger partial charge in [0.2, 0.25) is 17.8 Å². The van der Waals surface area contributed by atoms with Gasteiger partial charge in [-0.1, -0.05) is 42.1 Å². The molecule has 0 unspecified atom stereocenters. The molecular formula is C15H14N6OS. The summed E-state index contributed by atoms with van der Waals surface area (Å²) >= 11 is 1.15. The number of aromatic nitrogens is 3. The number of rotatable bonds is 4. The molecule has 1 heterocycles. The highest BCUT2D eigenvalue weighted by Gasteiger charge is 2.08. The summed E-state index contributed by atoms with van der Waals surface area (Å²) in [6, 6.07) is 13.7. The zero-order valence-electron chi connectivity index (χ0n) is 12.1. The van der Waals surface area contributed by atoms with Crippen molar-refractivity contribution in [2.75, 3.05) is 22.5 Å². The van der Waals surface area contributed by atoms with E-state index in [0.717, 1.165) is 28.2 Å². The van der Waals surface area contributed by atoms with Gasteiger partial charge in [-0.2, -0.15) is 15.0 Å². The van der Waals surface area contributed by atoms with Crippen molar-refractivity contribution < 1.29 is 4.79 Å². The summed E-state index contributed by atoms with van der Waals surface area (Å²) in [6.07, 6.45) is 0. The molecule has 0 saturated carbocycles. The van der Waals surface area contributed by atoms with Crippen LogP contribution in [-0.4, -0.2) is 26.6 Å². The third kappa shape index (κ3) is 3.86. The minimum atomic E-state index is -0.164. The molecule has 1 aromatic heterocycles. The number of nitrogens with two attached hydrogens (primary N) is 2. The number of nitrogen functional groups attached to an aromatic ring is 2. The van der Waals surface area contributed by atoms with Crippen LogP contribution in [0.4, 0.5) is 17.6 Å². The SMILES string of the molecule is Nc1nc(N)nc(SCC(=O)Nc2ccc3ccccc3c2)n1. The molecule has 7 nitrogen and oxygen atoms in total. The number of benzene rings is 2. The fourth-order valence-corrected chi connectivity index (χ4v) is 2.70. The summed E-state index contributed by atoms with van der Waals surface area (Å²) in [6.45, 7) is 0. The highest BCUT2D eigenvalue weighted by atomic mass is 32.2. The Hall–Kier alpha value is -2.87. The fourth-order valence-electron chi connectivity index (χ4n) is 2.05. The van der Waals surface area contributed by atoms with Gasteiger partial charge >= 0.3 is 0 Å². The zero-order chi connectivity index (χ0) is 16.2. The van der Waals surface area contributed by atoms with Crippen molar-refractivity contribution >= 4 is 46.0 Å². The van der Waals surface area contributed by atoms with Crippen LogP contribution in [-0.2, 0) is 4.79 Å². The van der Waals surface area contributed by atoms with Gasteiger partial charge in [-0.05, 0) is 22.9 Å². The molecule has 8 heteroatoms. The van der Waals surface area contributed by atoms with Crippen LogP contribution >= 0.6 is 11.8 Å². The van der Waals surface area contributed by atoms with E-state index >= 15 is 0 Å². The number of carbonyl (C=O) groups is 1. The number of nitrogens with one attached hydrogen (secondary N) is 1. The van der Waals surface area contributed by atoms with Crippen LogP contribution in [0.2, 0.25) is 0 Å². The molecule has 0 aliphatic rings. The van der Waals surface area contributed by atoms with Crippen molar-refractivity contribution in [2.45, 2.75) is 5.16 Å². The number of anilines is 3. The van der Waals surface area contributed by atoms with Gasteiger partial charge in [-0.15, -0.1) is 0 Å². The van der Waals surface area contributed by atoms with Crippen molar-refractivity contribution in [3.63, 3.8) is 0 Å². The van der Waals surface area contributed by atoms with Gasteiger partial charge in [0.15, 0.2) is 5.16 Å². The summed E-state index contributed by atoms with van der Waals surface area (Å²) in [4.78, 5) is 23.5. The second kappa shape index (κ2) is 6.49. The Bertz CT molecular complexity index is 849. The number of carbonyl (C=O) groups excluding carboxylic acids is 1. The molecule has 0 fully saturated rings. The number of amides is 1. The van der Waals surface area contributed by atoms with Crippen molar-refractivity contribution in [3.05, 3.63) is 42.5 Å². The van der Waals surface area contributed by atoms with E-state index in [1.165, 1.54) is 0 Å². The van der Waals surface area contributed by atoms with E-state index < -0.39 is 0 Å². The molecule has 5 N–H and O–H groups in total. The van der Waals surface area contributed by atoms with Crippen molar-refractivity contribution in [1.82, 2.24) is 15.0 Å². The molecule has 23 heavy (non-hydrogen) atoms. The predicted molar refractivity (Wildman–Crippen MR) is 92.0 cm³/mol. The molecule has 1 amide bonds. The smallest absolute Gasteiger partial charge is 0.234 e. The zero-order valence-corrected chi connectivity index (χ0v) is 12.9. The van der Waals surface area contributed by atoms with Gasteiger partial charge in [0, 0.05) is 5.69 Å². The van der Waals surface area contributed by atoms with Crippen molar-refractivity contribution in [2.24, 2.45) is 0 Å². The number of nitrogens with zero attached hydrogens (tertiary/aromatic N) is 3. The standard InChI is InChI=1S/C15H14N6OS/c16-13-19-14(17)21-15(20-13)23-8-12(22)18-11-6-5-9-3-1-2-4-10(9)7-11/h1-7H,8H2,(H,18,22)(H4,16,17,19,20,21). The molecule has 0 aliphatic carbocycles. The largest absolute Gasteiger partial charge is 0.368 e. The number of hydrogen-bond acceptors (Lipinski definition) is 7. The van der Waals surface area contributed by atoms with E-state index in [-0.39, 0.29) is 23.6 Å². The number of hydrogen-bond donors (Lipinski definition) is 3. The summed E-state index contributed by atoms with van der Waals surface area (Å²) in [5.41, 5.74) is 11.7. The second-order valence-corrected chi connectivity index (χ2v) is 5.68. The van der Waals surface area contributed by atoms with Gasteiger partial charge in [0.25, 0.3) is 0 Å². The van der Waals surface area contributed by atoms with Crippen LogP contribution in [0, 0.1) is 0 Å². The number of fused-ring (bicyclic) bond motifs is 1. The minimum absolute atomic E-state index is 0.0370. The highest BCUT2D eigenvalue weighted by molar-refractivity contribution is 7.99. The number of thioether (sulfide) groups is 1. The first-order valence-corrected chi connectivity index (χ1v) is 7.77. The first kappa shape index (κ1) is 15.0. The lowest BCUT2D eigenvalue weighted by Gasteiger charge is -2.06. The van der Waals surface area contributed by atoms with E-state index in [2.05, 4.69) is 20.3 Å². The van der Waals surface area contributed by atoms with Crippen LogP contribution in [0.3, 0.4) is 0 Å². The summed E-state index contributed by atoms with van der Waals surface area (Å²) in [7, 11) is 0. The summed E-state index contributed by atoms with van der Waals surface area (Å²) < 4.78 is 0. The Labute approximate surface area is 136 Å². The van der Waals surface area contributed by atoms with Crippen LogP contribution in [0.5, 0.6) is 0 Å². The first-order valence-electron chi connectivity index (χ1n) is 6.78. The van der Waals surface area contributed by atoms with Gasteiger partial charge in [-0.3, -0.25) is 4.79 Å². The average molecular weight is 326 g/mol. The molecule has 0 bridgehead atoms. The van der Waals surface area contributed by atoms with E-state index in [9.17, 15) is 4.79 Å². The minimum Gasteiger partial charge on any atom is -0.368 e. The molecule has 0 aliphatic heterocycles. The molecule has 116 valence electrons. The predicted octanol–water partition coefficient (Wildman–Crippen LogP) is 1.92. The topological polar surface area (TPSA) is 120 Å². The lowest BCUT2D eigenvalue weighted by atomic mass is 10.1. The molecule has 0 saturated heterocycles. The third-order valence-electron chi connectivity index (χ3n) is 3.02. The Morgan fingerprint density at radius 2 is 1.70 bits per heavy atom. The molecule has 0 spiro atoms. The summed E-state index contributed by atoms with van der Waals surface area (Å²) in [5.74, 6) is 0.0584. The van der Waals surface area contributed by atoms with Gasteiger partial charge in [-0.25, -0.2) is 0 Å². The van der Waals surface area contributed by atoms with Crippen molar-refractivity contribution in [3.8, 4) is 0 Å². The van der Waals surface area contributed by atoms with Crippen molar-refractivity contribution in [1.29, 1.82) is 0 Å². The molecule has 3 rings (SSSR count). The van der Waals surface area contributed by atoms with E-state index in [1.807, 2.05) is 42.5 Å². The summed E-state index contributed by atoms with van der Waals surface area (Å²) in [5, 5.41) is 5.35. The van der Waals surface area contributed by atoms with Gasteiger partial charge in [0.1, 0.15) is 0 Å². The van der Waals surface area contributed by atoms with Gasteiger partial charge in [0.05, 0.1) is 5.75 Å².